The highest BCUT2D eigenvalue weighted by Gasteiger charge is 2.05. The van der Waals surface area contributed by atoms with Crippen molar-refractivity contribution in [2.24, 2.45) is 0 Å². The molecule has 0 N–H and O–H groups in total. The molecule has 0 amide bonds. The van der Waals surface area contributed by atoms with Gasteiger partial charge in [0.25, 0.3) is 0 Å². The Kier molecular flexibility index (Phi) is 4.01. The highest BCUT2D eigenvalue weighted by Crippen LogP contribution is 2.27. The maximum Gasteiger partial charge on any atom is 0.138 e. The molecule has 0 spiro atoms. The van der Waals surface area contributed by atoms with Crippen LogP contribution in [0.2, 0.25) is 0 Å². The van der Waals surface area contributed by atoms with Crippen LogP contribution in [0.4, 0.5) is 4.39 Å². The third-order valence-corrected chi connectivity index (χ3v) is 3.80. The average Bonchev–Trinajstić information content (AvgIpc) is 2.39. The van der Waals surface area contributed by atoms with Gasteiger partial charge in [-0.3, -0.25) is 0 Å². The van der Waals surface area contributed by atoms with E-state index in [0.29, 0.717) is 10.5 Å². The van der Waals surface area contributed by atoms with Gasteiger partial charge < -0.3 is 0 Å². The third-order valence-electron chi connectivity index (χ3n) is 2.71. The fourth-order valence-electron chi connectivity index (χ4n) is 1.61. The summed E-state index contributed by atoms with van der Waals surface area (Å²) < 4.78 is 13.7. The second kappa shape index (κ2) is 5.70. The van der Waals surface area contributed by atoms with Crippen molar-refractivity contribution in [1.82, 2.24) is 0 Å². The molecule has 0 atom stereocenters. The highest BCUT2D eigenvalue weighted by molar-refractivity contribution is 7.98. The smallest absolute Gasteiger partial charge is 0.138 e. The summed E-state index contributed by atoms with van der Waals surface area (Å²) >= 11 is 1.45. The Hall–Kier alpha value is -1.79. The van der Waals surface area contributed by atoms with Gasteiger partial charge in [0.1, 0.15) is 5.82 Å². The molecule has 1 nitrogen and oxygen atoms in total. The van der Waals surface area contributed by atoms with Gasteiger partial charge in [-0.05, 0) is 36.2 Å². The van der Waals surface area contributed by atoms with Gasteiger partial charge in [-0.2, -0.15) is 5.26 Å². The molecule has 0 bridgehead atoms. The van der Waals surface area contributed by atoms with Gasteiger partial charge in [0.15, 0.2) is 0 Å². The molecule has 2 rings (SSSR count). The standard InChI is InChI=1S/C15H12FNS/c1-11-4-2-3-5-13(11)10-18-15-7-6-12(9-17)8-14(15)16/h2-8H,10H2,1H3. The molecule has 18 heavy (non-hydrogen) atoms. The lowest BCUT2D eigenvalue weighted by Crippen LogP contribution is -1.88. The van der Waals surface area contributed by atoms with Crippen LogP contribution in [0.3, 0.4) is 0 Å². The Morgan fingerprint density at radius 2 is 2.00 bits per heavy atom. The predicted octanol–water partition coefficient (Wildman–Crippen LogP) is 4.30. The molecular weight excluding hydrogens is 245 g/mol. The zero-order chi connectivity index (χ0) is 13.0. The van der Waals surface area contributed by atoms with Crippen molar-refractivity contribution in [3.8, 4) is 6.07 Å². The molecule has 3 heteroatoms. The minimum Gasteiger partial charge on any atom is -0.206 e. The predicted molar refractivity (Wildman–Crippen MR) is 71.9 cm³/mol. The number of halogens is 1. The quantitative estimate of drug-likeness (QED) is 0.765. The molecule has 90 valence electrons. The molecule has 0 aliphatic heterocycles. The van der Waals surface area contributed by atoms with Gasteiger partial charge in [0.2, 0.25) is 0 Å². The second-order valence-corrected chi connectivity index (χ2v) is 4.99. The van der Waals surface area contributed by atoms with E-state index in [1.165, 1.54) is 29.0 Å². The minimum absolute atomic E-state index is 0.326. The summed E-state index contributed by atoms with van der Waals surface area (Å²) in [5, 5.41) is 8.67. The Bertz CT molecular complexity index is 602. The van der Waals surface area contributed by atoms with E-state index in [9.17, 15) is 4.39 Å². The number of hydrogen-bond acceptors (Lipinski definition) is 2. The number of nitriles is 1. The summed E-state index contributed by atoms with van der Waals surface area (Å²) in [6.45, 7) is 2.05. The monoisotopic (exact) mass is 257 g/mol. The van der Waals surface area contributed by atoms with Gasteiger partial charge in [-0.15, -0.1) is 11.8 Å². The number of rotatable bonds is 3. The van der Waals surface area contributed by atoms with Gasteiger partial charge in [-0.25, -0.2) is 4.39 Å². The summed E-state index contributed by atoms with van der Waals surface area (Å²) in [4.78, 5) is 0.581. The normalized spacial score (nSPS) is 10.1. The third kappa shape index (κ3) is 2.91. The van der Waals surface area contributed by atoms with Gasteiger partial charge in [0, 0.05) is 10.6 Å². The van der Waals surface area contributed by atoms with Crippen molar-refractivity contribution in [2.45, 2.75) is 17.6 Å². The maximum atomic E-state index is 13.7. The lowest BCUT2D eigenvalue weighted by atomic mass is 10.1. The average molecular weight is 257 g/mol. The largest absolute Gasteiger partial charge is 0.206 e. The minimum atomic E-state index is -0.326. The molecule has 0 heterocycles. The van der Waals surface area contributed by atoms with E-state index < -0.39 is 0 Å². The molecule has 2 aromatic carbocycles. The van der Waals surface area contributed by atoms with Crippen molar-refractivity contribution in [2.75, 3.05) is 0 Å². The summed E-state index contributed by atoms with van der Waals surface area (Å²) in [6, 6.07) is 14.6. The molecule has 2 aromatic rings. The maximum absolute atomic E-state index is 13.7. The Balaban J connectivity index is 2.12. The van der Waals surface area contributed by atoms with Gasteiger partial charge in [-0.1, -0.05) is 24.3 Å². The van der Waals surface area contributed by atoms with E-state index >= 15 is 0 Å². The topological polar surface area (TPSA) is 23.8 Å². The summed E-state index contributed by atoms with van der Waals surface area (Å²) in [5.41, 5.74) is 2.76. The van der Waals surface area contributed by atoms with Crippen molar-refractivity contribution < 1.29 is 4.39 Å². The van der Waals surface area contributed by atoms with Gasteiger partial charge in [0.05, 0.1) is 11.6 Å². The lowest BCUT2D eigenvalue weighted by molar-refractivity contribution is 0.601. The molecule has 0 unspecified atom stereocenters. The zero-order valence-electron chi connectivity index (χ0n) is 9.98. The van der Waals surface area contributed by atoms with Crippen molar-refractivity contribution in [3.05, 3.63) is 65.0 Å². The lowest BCUT2D eigenvalue weighted by Gasteiger charge is -2.06. The Morgan fingerprint density at radius 1 is 1.22 bits per heavy atom. The first kappa shape index (κ1) is 12.7. The number of hydrogen-bond donors (Lipinski definition) is 0. The van der Waals surface area contributed by atoms with E-state index in [1.807, 2.05) is 37.3 Å². The van der Waals surface area contributed by atoms with Crippen LogP contribution in [0.5, 0.6) is 0 Å². The molecule has 0 aliphatic rings. The van der Waals surface area contributed by atoms with Crippen molar-refractivity contribution in [1.29, 1.82) is 5.26 Å². The number of thioether (sulfide) groups is 1. The van der Waals surface area contributed by atoms with Gasteiger partial charge >= 0.3 is 0 Å². The number of nitrogens with zero attached hydrogens (tertiary/aromatic N) is 1. The first-order chi connectivity index (χ1) is 8.70. The van der Waals surface area contributed by atoms with Crippen LogP contribution in [-0.2, 0) is 5.75 Å². The highest BCUT2D eigenvalue weighted by atomic mass is 32.2. The molecule has 0 fully saturated rings. The molecule has 0 aromatic heterocycles. The molecular formula is C15H12FNS. The van der Waals surface area contributed by atoms with Crippen LogP contribution in [-0.4, -0.2) is 0 Å². The number of aryl methyl sites for hydroxylation is 1. The number of benzene rings is 2. The van der Waals surface area contributed by atoms with Crippen molar-refractivity contribution >= 4 is 11.8 Å². The van der Waals surface area contributed by atoms with E-state index in [0.717, 1.165) is 5.75 Å². The molecule has 0 saturated carbocycles. The molecule has 0 aliphatic carbocycles. The SMILES string of the molecule is Cc1ccccc1CSc1ccc(C#N)cc1F. The van der Waals surface area contributed by atoms with Crippen LogP contribution in [0.1, 0.15) is 16.7 Å². The van der Waals surface area contributed by atoms with Crippen LogP contribution in [0.15, 0.2) is 47.4 Å². The van der Waals surface area contributed by atoms with E-state index in [4.69, 9.17) is 5.26 Å². The first-order valence-corrected chi connectivity index (χ1v) is 6.56. The fraction of sp³-hybridized carbons (Fsp3) is 0.133. The van der Waals surface area contributed by atoms with E-state index in [2.05, 4.69) is 0 Å². The Labute approximate surface area is 110 Å². The second-order valence-electron chi connectivity index (χ2n) is 3.97. The van der Waals surface area contributed by atoms with E-state index in [-0.39, 0.29) is 5.82 Å². The van der Waals surface area contributed by atoms with Crippen molar-refractivity contribution in [3.63, 3.8) is 0 Å². The van der Waals surface area contributed by atoms with Crippen LogP contribution >= 0.6 is 11.8 Å². The summed E-state index contributed by atoms with van der Waals surface area (Å²) in [7, 11) is 0. The fourth-order valence-corrected chi connectivity index (χ4v) is 2.61. The van der Waals surface area contributed by atoms with Crippen LogP contribution in [0.25, 0.3) is 0 Å². The first-order valence-electron chi connectivity index (χ1n) is 5.57. The molecule has 0 saturated heterocycles. The summed E-state index contributed by atoms with van der Waals surface area (Å²) in [5.74, 6) is 0.405. The van der Waals surface area contributed by atoms with E-state index in [1.54, 1.807) is 12.1 Å². The Morgan fingerprint density at radius 3 is 2.67 bits per heavy atom. The zero-order valence-corrected chi connectivity index (χ0v) is 10.8. The summed E-state index contributed by atoms with van der Waals surface area (Å²) in [6.07, 6.45) is 0. The van der Waals surface area contributed by atoms with Crippen LogP contribution < -0.4 is 0 Å². The molecule has 0 radical (unpaired) electrons. The van der Waals surface area contributed by atoms with Crippen LogP contribution in [0, 0.1) is 24.1 Å².